The van der Waals surface area contributed by atoms with Crippen LogP contribution in [0, 0.1) is 18.8 Å². The van der Waals surface area contributed by atoms with Crippen LogP contribution >= 0.6 is 11.8 Å². The summed E-state index contributed by atoms with van der Waals surface area (Å²) in [5, 5.41) is 4.74. The maximum absolute atomic E-state index is 13.2. The zero-order valence-corrected chi connectivity index (χ0v) is 19.8. The minimum absolute atomic E-state index is 0.0260. The molecule has 0 N–H and O–H groups in total. The lowest BCUT2D eigenvalue weighted by molar-refractivity contribution is -0.140. The van der Waals surface area contributed by atoms with E-state index in [4.69, 9.17) is 9.84 Å². The molecule has 1 fully saturated rings. The lowest BCUT2D eigenvalue weighted by Gasteiger charge is -2.27. The molecule has 0 saturated heterocycles. The molecule has 0 spiro atoms. The molecule has 0 amide bonds. The Morgan fingerprint density at radius 3 is 2.34 bits per heavy atom. The van der Waals surface area contributed by atoms with Crippen molar-refractivity contribution < 1.29 is 9.53 Å². The van der Waals surface area contributed by atoms with E-state index in [-0.39, 0.29) is 11.9 Å². The zero-order chi connectivity index (χ0) is 22.3. The Hall–Kier alpha value is -2.53. The molecule has 168 valence electrons. The molecule has 1 saturated carbocycles. The van der Waals surface area contributed by atoms with Gasteiger partial charge < -0.3 is 4.74 Å². The smallest absolute Gasteiger partial charge is 0.315 e. The van der Waals surface area contributed by atoms with Crippen molar-refractivity contribution in [3.63, 3.8) is 0 Å². The van der Waals surface area contributed by atoms with E-state index in [9.17, 15) is 4.79 Å². The van der Waals surface area contributed by atoms with Crippen molar-refractivity contribution in [3.05, 3.63) is 66.4 Å². The maximum atomic E-state index is 13.2. The second kappa shape index (κ2) is 10.9. The first kappa shape index (κ1) is 22.7. The number of aromatic nitrogens is 2. The zero-order valence-electron chi connectivity index (χ0n) is 19.0. The fraction of sp³-hybridized carbons (Fsp3) is 0.407. The molecule has 4 nitrogen and oxygen atoms in total. The summed E-state index contributed by atoms with van der Waals surface area (Å²) in [5.41, 5.74) is 1.75. The number of carbonyl (C=O) groups is 1. The van der Waals surface area contributed by atoms with E-state index in [1.54, 1.807) is 16.4 Å². The standard InChI is InChI=1S/C27H32N2O2S/c1-3-4-11-21-16-18-22(19-17-21)27(30)31-26-25(32-24-14-9-6-10-15-24)20(2)28-29(26)23-12-7-5-8-13-23/h5-10,12-15,21-22H,3-4,11,16-19H2,1-2H3. The number of nitrogens with zero attached hydrogens (tertiary/aromatic N) is 2. The van der Waals surface area contributed by atoms with Crippen LogP contribution in [-0.4, -0.2) is 15.7 Å². The van der Waals surface area contributed by atoms with Crippen molar-refractivity contribution in [2.24, 2.45) is 11.8 Å². The maximum Gasteiger partial charge on any atom is 0.315 e. The SMILES string of the molecule is CCCCC1CCC(C(=O)Oc2c(Sc3ccccc3)c(C)nn2-c2ccccc2)CC1. The average Bonchev–Trinajstić information content (AvgIpc) is 3.14. The van der Waals surface area contributed by atoms with Crippen molar-refractivity contribution in [1.29, 1.82) is 0 Å². The van der Waals surface area contributed by atoms with Crippen LogP contribution in [0.2, 0.25) is 0 Å². The Bertz CT molecular complexity index is 1010. The van der Waals surface area contributed by atoms with Crippen molar-refractivity contribution in [3.8, 4) is 11.6 Å². The van der Waals surface area contributed by atoms with E-state index in [0.717, 1.165) is 52.8 Å². The quantitative estimate of drug-likeness (QED) is 0.341. The van der Waals surface area contributed by atoms with E-state index >= 15 is 0 Å². The minimum atomic E-state index is -0.120. The topological polar surface area (TPSA) is 44.1 Å². The summed E-state index contributed by atoms with van der Waals surface area (Å²) < 4.78 is 7.89. The first-order chi connectivity index (χ1) is 15.7. The van der Waals surface area contributed by atoms with Crippen LogP contribution in [-0.2, 0) is 4.79 Å². The number of rotatable bonds is 8. The number of ether oxygens (including phenoxy) is 1. The number of benzene rings is 2. The summed E-state index contributed by atoms with van der Waals surface area (Å²) in [6.45, 7) is 4.22. The van der Waals surface area contributed by atoms with Crippen LogP contribution in [0.5, 0.6) is 5.88 Å². The van der Waals surface area contributed by atoms with Crippen molar-refractivity contribution in [2.75, 3.05) is 0 Å². The highest BCUT2D eigenvalue weighted by Gasteiger charge is 2.30. The van der Waals surface area contributed by atoms with Gasteiger partial charge in [-0.3, -0.25) is 4.79 Å². The van der Waals surface area contributed by atoms with E-state index < -0.39 is 0 Å². The van der Waals surface area contributed by atoms with Crippen LogP contribution in [0.3, 0.4) is 0 Å². The van der Waals surface area contributed by atoms with Gasteiger partial charge in [-0.25, -0.2) is 0 Å². The summed E-state index contributed by atoms with van der Waals surface area (Å²) in [7, 11) is 0. The Morgan fingerprint density at radius 2 is 1.69 bits per heavy atom. The van der Waals surface area contributed by atoms with Gasteiger partial charge in [-0.1, -0.05) is 74.3 Å². The predicted molar refractivity (Wildman–Crippen MR) is 129 cm³/mol. The van der Waals surface area contributed by atoms with E-state index in [1.807, 2.05) is 55.5 Å². The van der Waals surface area contributed by atoms with Crippen molar-refractivity contribution in [1.82, 2.24) is 9.78 Å². The molecule has 1 aliphatic carbocycles. The molecule has 3 aromatic rings. The number of carbonyl (C=O) groups excluding carboxylic acids is 1. The molecular formula is C27H32N2O2S. The highest BCUT2D eigenvalue weighted by molar-refractivity contribution is 7.99. The molecule has 4 rings (SSSR count). The minimum Gasteiger partial charge on any atom is -0.406 e. The molecule has 0 bridgehead atoms. The molecular weight excluding hydrogens is 416 g/mol. The molecule has 1 aliphatic rings. The summed E-state index contributed by atoms with van der Waals surface area (Å²) in [5.74, 6) is 1.15. The molecule has 0 unspecified atom stereocenters. The third-order valence-electron chi connectivity index (χ3n) is 6.27. The van der Waals surface area contributed by atoms with Crippen LogP contribution in [0.25, 0.3) is 5.69 Å². The molecule has 1 heterocycles. The predicted octanol–water partition coefficient (Wildman–Crippen LogP) is 7.23. The summed E-state index contributed by atoms with van der Waals surface area (Å²) >= 11 is 1.59. The van der Waals surface area contributed by atoms with E-state index in [0.29, 0.717) is 5.88 Å². The molecule has 0 aliphatic heterocycles. The first-order valence-electron chi connectivity index (χ1n) is 11.7. The van der Waals surface area contributed by atoms with E-state index in [1.165, 1.54) is 19.3 Å². The van der Waals surface area contributed by atoms with Crippen LogP contribution < -0.4 is 4.74 Å². The van der Waals surface area contributed by atoms with E-state index in [2.05, 4.69) is 19.1 Å². The third-order valence-corrected chi connectivity index (χ3v) is 7.45. The van der Waals surface area contributed by atoms with Crippen LogP contribution in [0.4, 0.5) is 0 Å². The fourth-order valence-corrected chi connectivity index (χ4v) is 5.34. The second-order valence-electron chi connectivity index (χ2n) is 8.66. The lowest BCUT2D eigenvalue weighted by Crippen LogP contribution is -2.26. The highest BCUT2D eigenvalue weighted by Crippen LogP contribution is 2.40. The Morgan fingerprint density at radius 1 is 1.03 bits per heavy atom. The van der Waals surface area contributed by atoms with Gasteiger partial charge in [-0.2, -0.15) is 9.78 Å². The number of esters is 1. The Balaban J connectivity index is 1.56. The van der Waals surface area contributed by atoms with Gasteiger partial charge >= 0.3 is 5.97 Å². The van der Waals surface area contributed by atoms with Gasteiger partial charge in [0.25, 0.3) is 0 Å². The molecule has 0 radical (unpaired) electrons. The van der Waals surface area contributed by atoms with Gasteiger partial charge in [0.15, 0.2) is 0 Å². The number of hydrogen-bond acceptors (Lipinski definition) is 4. The van der Waals surface area contributed by atoms with Gasteiger partial charge in [-0.05, 0) is 62.8 Å². The number of para-hydroxylation sites is 1. The fourth-order valence-electron chi connectivity index (χ4n) is 4.41. The molecule has 5 heteroatoms. The summed E-state index contributed by atoms with van der Waals surface area (Å²) in [6.07, 6.45) is 7.92. The molecule has 2 aromatic carbocycles. The molecule has 1 aromatic heterocycles. The molecule has 0 atom stereocenters. The van der Waals surface area contributed by atoms with Gasteiger partial charge in [-0.15, -0.1) is 0 Å². The van der Waals surface area contributed by atoms with Crippen LogP contribution in [0.15, 0.2) is 70.5 Å². The summed E-state index contributed by atoms with van der Waals surface area (Å²) in [6, 6.07) is 20.0. The average molecular weight is 449 g/mol. The van der Waals surface area contributed by atoms with Crippen molar-refractivity contribution in [2.45, 2.75) is 68.6 Å². The Kier molecular flexibility index (Phi) is 7.69. The Labute approximate surface area is 195 Å². The number of unbranched alkanes of at least 4 members (excludes halogenated alkanes) is 1. The number of aryl methyl sites for hydroxylation is 1. The second-order valence-corrected chi connectivity index (χ2v) is 9.75. The van der Waals surface area contributed by atoms with Gasteiger partial charge in [0, 0.05) is 4.90 Å². The molecule has 32 heavy (non-hydrogen) atoms. The highest BCUT2D eigenvalue weighted by atomic mass is 32.2. The summed E-state index contributed by atoms with van der Waals surface area (Å²) in [4.78, 5) is 15.2. The monoisotopic (exact) mass is 448 g/mol. The number of hydrogen-bond donors (Lipinski definition) is 0. The van der Waals surface area contributed by atoms with Gasteiger partial charge in [0.05, 0.1) is 22.2 Å². The largest absolute Gasteiger partial charge is 0.406 e. The normalized spacial score (nSPS) is 18.4. The van der Waals surface area contributed by atoms with Gasteiger partial charge in [0.2, 0.25) is 5.88 Å². The van der Waals surface area contributed by atoms with Crippen LogP contribution in [0.1, 0.15) is 57.6 Å². The lowest BCUT2D eigenvalue weighted by atomic mass is 9.80. The first-order valence-corrected chi connectivity index (χ1v) is 12.6. The third kappa shape index (κ3) is 5.44. The van der Waals surface area contributed by atoms with Crippen molar-refractivity contribution >= 4 is 17.7 Å². The van der Waals surface area contributed by atoms with Gasteiger partial charge in [0.1, 0.15) is 0 Å².